The fourth-order valence-electron chi connectivity index (χ4n) is 5.51. The SMILES string of the molecule is CC(C)CC1NC(=O)CCCN(C(=O)[C@@H](N)CC(C)C)CCCNC(=O)c2csc(n2)[C@H](Cc2ccccc2)NC(=O)c2csc1n2. The molecular formula is C34H47N7O4S2. The van der Waals surface area contributed by atoms with Crippen molar-refractivity contribution in [2.24, 2.45) is 17.6 Å². The van der Waals surface area contributed by atoms with E-state index in [9.17, 15) is 19.2 Å². The fourth-order valence-corrected chi connectivity index (χ4v) is 7.23. The molecule has 4 rings (SSSR count). The standard InChI is InChI=1S/C34H47N7O4S2/c1-21(2)16-24(35)34(45)41-14-8-12-29(42)37-25(17-22(3)4)32-40-28(20-47-32)31(44)38-26(18-23-10-6-5-7-11-23)33-39-27(19-46-33)30(43)36-13-9-15-41/h5-7,10-11,19-22,24-26H,8-9,12-18,35H2,1-4H3,(H,36,43)(H,37,42)(H,38,44)/t24-,25?,26-/m0/s1. The number of hydrogen-bond donors (Lipinski definition) is 4. The maximum atomic E-state index is 13.5. The quantitative estimate of drug-likeness (QED) is 0.283. The predicted molar refractivity (Wildman–Crippen MR) is 185 cm³/mol. The molecule has 0 spiro atoms. The van der Waals surface area contributed by atoms with Crippen molar-refractivity contribution in [1.82, 2.24) is 30.8 Å². The van der Waals surface area contributed by atoms with E-state index >= 15 is 0 Å². The van der Waals surface area contributed by atoms with Crippen LogP contribution in [0.3, 0.4) is 0 Å². The third kappa shape index (κ3) is 10.9. The summed E-state index contributed by atoms with van der Waals surface area (Å²) < 4.78 is 0. The predicted octanol–water partition coefficient (Wildman–Crippen LogP) is 4.63. The molecule has 4 bridgehead atoms. The average Bonchev–Trinajstić information content (AvgIpc) is 3.72. The van der Waals surface area contributed by atoms with Crippen LogP contribution in [-0.4, -0.2) is 64.2 Å². The molecule has 0 saturated carbocycles. The van der Waals surface area contributed by atoms with Gasteiger partial charge in [0.25, 0.3) is 11.8 Å². The van der Waals surface area contributed by atoms with Crippen molar-refractivity contribution in [2.45, 2.75) is 84.3 Å². The number of nitrogens with two attached hydrogens (primary N) is 1. The van der Waals surface area contributed by atoms with E-state index in [0.717, 1.165) is 5.56 Å². The zero-order valence-corrected chi connectivity index (χ0v) is 29.3. The van der Waals surface area contributed by atoms with E-state index in [1.807, 2.05) is 44.2 Å². The molecule has 3 aromatic rings. The third-order valence-electron chi connectivity index (χ3n) is 7.81. The molecule has 4 amide bonds. The summed E-state index contributed by atoms with van der Waals surface area (Å²) in [6.07, 6.45) is 2.91. The molecule has 3 heterocycles. The van der Waals surface area contributed by atoms with E-state index in [1.165, 1.54) is 22.7 Å². The lowest BCUT2D eigenvalue weighted by Crippen LogP contribution is -2.46. The summed E-state index contributed by atoms with van der Waals surface area (Å²) in [7, 11) is 0. The second-order valence-corrected chi connectivity index (χ2v) is 14.7. The van der Waals surface area contributed by atoms with Crippen molar-refractivity contribution in [3.8, 4) is 0 Å². The van der Waals surface area contributed by atoms with Crippen molar-refractivity contribution in [3.63, 3.8) is 0 Å². The van der Waals surface area contributed by atoms with Crippen LogP contribution in [0.2, 0.25) is 0 Å². The maximum absolute atomic E-state index is 13.5. The van der Waals surface area contributed by atoms with Gasteiger partial charge in [-0.1, -0.05) is 58.0 Å². The number of rotatable bonds is 7. The smallest absolute Gasteiger partial charge is 0.271 e. The van der Waals surface area contributed by atoms with Gasteiger partial charge in [0.1, 0.15) is 21.4 Å². The number of aromatic nitrogens is 2. The molecule has 47 heavy (non-hydrogen) atoms. The van der Waals surface area contributed by atoms with Gasteiger partial charge in [-0.2, -0.15) is 0 Å². The average molecular weight is 682 g/mol. The highest BCUT2D eigenvalue weighted by atomic mass is 32.1. The number of amides is 4. The molecule has 2 aromatic heterocycles. The first-order valence-corrected chi connectivity index (χ1v) is 18.1. The van der Waals surface area contributed by atoms with Gasteiger partial charge >= 0.3 is 0 Å². The minimum absolute atomic E-state index is 0.142. The molecule has 1 unspecified atom stereocenters. The molecule has 1 aliphatic heterocycles. The van der Waals surface area contributed by atoms with Gasteiger partial charge in [0.15, 0.2) is 0 Å². The molecule has 0 fully saturated rings. The van der Waals surface area contributed by atoms with Crippen LogP contribution in [0.25, 0.3) is 0 Å². The summed E-state index contributed by atoms with van der Waals surface area (Å²) in [4.78, 5) is 64.0. The van der Waals surface area contributed by atoms with Crippen molar-refractivity contribution < 1.29 is 19.2 Å². The number of nitrogens with one attached hydrogen (secondary N) is 3. The van der Waals surface area contributed by atoms with Crippen LogP contribution in [0.4, 0.5) is 0 Å². The van der Waals surface area contributed by atoms with Crippen LogP contribution < -0.4 is 21.7 Å². The molecule has 5 N–H and O–H groups in total. The monoisotopic (exact) mass is 681 g/mol. The lowest BCUT2D eigenvalue weighted by atomic mass is 10.0. The molecule has 0 aliphatic carbocycles. The fraction of sp³-hybridized carbons (Fsp3) is 0.529. The molecule has 0 saturated heterocycles. The van der Waals surface area contributed by atoms with E-state index in [2.05, 4.69) is 39.8 Å². The van der Waals surface area contributed by atoms with Crippen LogP contribution in [-0.2, 0) is 16.0 Å². The first-order chi connectivity index (χ1) is 22.5. The maximum Gasteiger partial charge on any atom is 0.271 e. The van der Waals surface area contributed by atoms with Crippen molar-refractivity contribution in [3.05, 3.63) is 68.1 Å². The molecule has 1 aliphatic rings. The largest absolute Gasteiger partial charge is 0.351 e. The molecular weight excluding hydrogens is 635 g/mol. The molecule has 13 heteroatoms. The van der Waals surface area contributed by atoms with Gasteiger partial charge in [-0.25, -0.2) is 9.97 Å². The summed E-state index contributed by atoms with van der Waals surface area (Å²) in [5.74, 6) is -0.428. The van der Waals surface area contributed by atoms with Crippen molar-refractivity contribution >= 4 is 46.3 Å². The van der Waals surface area contributed by atoms with E-state index in [4.69, 9.17) is 5.73 Å². The molecule has 11 nitrogen and oxygen atoms in total. The zero-order chi connectivity index (χ0) is 33.9. The summed E-state index contributed by atoms with van der Waals surface area (Å²) >= 11 is 2.65. The van der Waals surface area contributed by atoms with Crippen LogP contribution in [0.5, 0.6) is 0 Å². The van der Waals surface area contributed by atoms with Gasteiger partial charge in [-0.3, -0.25) is 19.2 Å². The summed E-state index contributed by atoms with van der Waals surface area (Å²) in [5, 5.41) is 13.8. The van der Waals surface area contributed by atoms with Gasteiger partial charge in [-0.15, -0.1) is 22.7 Å². The Balaban J connectivity index is 1.61. The number of benzene rings is 1. The number of nitrogens with zero attached hydrogens (tertiary/aromatic N) is 3. The van der Waals surface area contributed by atoms with E-state index in [0.29, 0.717) is 61.8 Å². The lowest BCUT2D eigenvalue weighted by molar-refractivity contribution is -0.133. The Kier molecular flexibility index (Phi) is 13.4. The normalized spacial score (nSPS) is 19.5. The number of hydrogen-bond acceptors (Lipinski definition) is 9. The minimum atomic E-state index is -0.629. The second kappa shape index (κ2) is 17.5. The summed E-state index contributed by atoms with van der Waals surface area (Å²) in [6, 6.07) is 8.31. The lowest BCUT2D eigenvalue weighted by Gasteiger charge is -2.27. The summed E-state index contributed by atoms with van der Waals surface area (Å²) in [5.41, 5.74) is 7.81. The Labute approximate surface area is 285 Å². The van der Waals surface area contributed by atoms with Gasteiger partial charge in [0.05, 0.1) is 18.1 Å². The van der Waals surface area contributed by atoms with Crippen molar-refractivity contribution in [1.29, 1.82) is 0 Å². The molecule has 0 radical (unpaired) electrons. The van der Waals surface area contributed by atoms with Crippen LogP contribution >= 0.6 is 22.7 Å². The number of carbonyl (C=O) groups is 4. The first kappa shape index (κ1) is 36.2. The van der Waals surface area contributed by atoms with E-state index in [1.54, 1.807) is 15.7 Å². The zero-order valence-electron chi connectivity index (χ0n) is 27.7. The van der Waals surface area contributed by atoms with Gasteiger partial charge in [0.2, 0.25) is 11.8 Å². The van der Waals surface area contributed by atoms with Crippen LogP contribution in [0, 0.1) is 11.8 Å². The number of carbonyl (C=O) groups excluding carboxylic acids is 4. The third-order valence-corrected chi connectivity index (χ3v) is 9.73. The van der Waals surface area contributed by atoms with E-state index < -0.39 is 12.1 Å². The number of thiazole rings is 2. The Bertz CT molecular complexity index is 1490. The second-order valence-electron chi connectivity index (χ2n) is 12.9. The van der Waals surface area contributed by atoms with Crippen LogP contribution in [0.1, 0.15) is 108 Å². The Hall–Kier alpha value is -3.68. The first-order valence-electron chi connectivity index (χ1n) is 16.4. The molecule has 254 valence electrons. The molecule has 1 aromatic carbocycles. The van der Waals surface area contributed by atoms with E-state index in [-0.39, 0.29) is 59.3 Å². The highest BCUT2D eigenvalue weighted by molar-refractivity contribution is 7.10. The van der Waals surface area contributed by atoms with Crippen LogP contribution in [0.15, 0.2) is 41.1 Å². The van der Waals surface area contributed by atoms with Gasteiger partial charge < -0.3 is 26.6 Å². The highest BCUT2D eigenvalue weighted by Crippen LogP contribution is 2.27. The Morgan fingerprint density at radius 1 is 0.894 bits per heavy atom. The van der Waals surface area contributed by atoms with Gasteiger partial charge in [0, 0.05) is 36.8 Å². The summed E-state index contributed by atoms with van der Waals surface area (Å²) in [6.45, 7) is 9.31. The Morgan fingerprint density at radius 2 is 1.53 bits per heavy atom. The van der Waals surface area contributed by atoms with Crippen molar-refractivity contribution in [2.75, 3.05) is 19.6 Å². The Morgan fingerprint density at radius 3 is 2.19 bits per heavy atom. The van der Waals surface area contributed by atoms with Gasteiger partial charge in [-0.05, 0) is 49.5 Å². The highest BCUT2D eigenvalue weighted by Gasteiger charge is 2.26. The molecule has 3 atom stereocenters. The topological polar surface area (TPSA) is 159 Å². The number of fused-ring (bicyclic) bond motifs is 4. The minimum Gasteiger partial charge on any atom is -0.351 e.